The van der Waals surface area contributed by atoms with Crippen molar-refractivity contribution < 1.29 is 19.0 Å². The van der Waals surface area contributed by atoms with Gasteiger partial charge in [0.15, 0.2) is 0 Å². The fourth-order valence-electron chi connectivity index (χ4n) is 3.18. The second-order valence-electron chi connectivity index (χ2n) is 6.92. The number of hydrogen-bond donors (Lipinski definition) is 1. The van der Waals surface area contributed by atoms with Crippen LogP contribution in [0.15, 0.2) is 18.2 Å². The number of halogens is 1. The monoisotopic (exact) mass is 295 g/mol. The topological polar surface area (TPSA) is 49.8 Å². The standard InChI is InChI=1S/C16H22FNO3/c1-15(2)9-18(10-16(3,4)21-15)8-11-5-12(14(19)20)7-13(17)6-11/h5-7H,8-10H2,1-4H3,(H,19,20). The normalized spacial score (nSPS) is 21.2. The number of carboxylic acid groups (broad SMARTS) is 1. The fraction of sp³-hybridized carbons (Fsp3) is 0.562. The van der Waals surface area contributed by atoms with Gasteiger partial charge in [-0.3, -0.25) is 4.90 Å². The van der Waals surface area contributed by atoms with E-state index in [-0.39, 0.29) is 16.8 Å². The molecule has 1 aromatic carbocycles. The Labute approximate surface area is 124 Å². The first-order valence-corrected chi connectivity index (χ1v) is 7.02. The van der Waals surface area contributed by atoms with Crippen LogP contribution >= 0.6 is 0 Å². The van der Waals surface area contributed by atoms with Gasteiger partial charge in [-0.25, -0.2) is 9.18 Å². The van der Waals surface area contributed by atoms with Gasteiger partial charge < -0.3 is 9.84 Å². The van der Waals surface area contributed by atoms with Crippen LogP contribution in [0.4, 0.5) is 4.39 Å². The van der Waals surface area contributed by atoms with Gasteiger partial charge in [-0.05, 0) is 51.5 Å². The third kappa shape index (κ3) is 4.25. The molecule has 0 aliphatic carbocycles. The van der Waals surface area contributed by atoms with Crippen molar-refractivity contribution in [2.24, 2.45) is 0 Å². The van der Waals surface area contributed by atoms with E-state index < -0.39 is 11.8 Å². The van der Waals surface area contributed by atoms with E-state index >= 15 is 0 Å². The molecule has 5 heteroatoms. The van der Waals surface area contributed by atoms with Gasteiger partial charge in [0.25, 0.3) is 0 Å². The molecule has 1 saturated heterocycles. The SMILES string of the molecule is CC1(C)CN(Cc2cc(F)cc(C(=O)O)c2)CC(C)(C)O1. The molecule has 0 bridgehead atoms. The highest BCUT2D eigenvalue weighted by Gasteiger charge is 2.37. The van der Waals surface area contributed by atoms with Crippen molar-refractivity contribution >= 4 is 5.97 Å². The Morgan fingerprint density at radius 2 is 1.81 bits per heavy atom. The minimum absolute atomic E-state index is 0.0169. The molecule has 1 fully saturated rings. The molecular formula is C16H22FNO3. The summed E-state index contributed by atoms with van der Waals surface area (Å²) < 4.78 is 19.5. The first-order valence-electron chi connectivity index (χ1n) is 7.02. The number of benzene rings is 1. The van der Waals surface area contributed by atoms with Crippen molar-refractivity contribution in [3.63, 3.8) is 0 Å². The molecule has 0 spiro atoms. The van der Waals surface area contributed by atoms with E-state index in [4.69, 9.17) is 9.84 Å². The van der Waals surface area contributed by atoms with E-state index in [1.165, 1.54) is 12.1 Å². The predicted molar refractivity (Wildman–Crippen MR) is 77.9 cm³/mol. The van der Waals surface area contributed by atoms with Crippen LogP contribution < -0.4 is 0 Å². The summed E-state index contributed by atoms with van der Waals surface area (Å²) in [6.45, 7) is 10.0. The summed E-state index contributed by atoms with van der Waals surface area (Å²) in [6.07, 6.45) is 0. The van der Waals surface area contributed by atoms with Crippen LogP contribution in [0.25, 0.3) is 0 Å². The molecule has 0 aromatic heterocycles. The van der Waals surface area contributed by atoms with Crippen LogP contribution in [0.3, 0.4) is 0 Å². The maximum absolute atomic E-state index is 13.5. The van der Waals surface area contributed by atoms with Crippen LogP contribution in [0, 0.1) is 5.82 Å². The number of carbonyl (C=O) groups is 1. The van der Waals surface area contributed by atoms with Gasteiger partial charge in [0, 0.05) is 19.6 Å². The van der Waals surface area contributed by atoms with Crippen LogP contribution in [0.1, 0.15) is 43.6 Å². The van der Waals surface area contributed by atoms with E-state index in [1.54, 1.807) is 0 Å². The lowest BCUT2D eigenvalue weighted by Crippen LogP contribution is -2.56. The fourth-order valence-corrected chi connectivity index (χ4v) is 3.18. The van der Waals surface area contributed by atoms with Gasteiger partial charge in [-0.2, -0.15) is 0 Å². The van der Waals surface area contributed by atoms with Gasteiger partial charge in [0.05, 0.1) is 16.8 Å². The summed E-state index contributed by atoms with van der Waals surface area (Å²) in [6, 6.07) is 3.96. The predicted octanol–water partition coefficient (Wildman–Crippen LogP) is 2.91. The highest BCUT2D eigenvalue weighted by molar-refractivity contribution is 5.87. The molecule has 21 heavy (non-hydrogen) atoms. The lowest BCUT2D eigenvalue weighted by molar-refractivity contribution is -0.182. The second kappa shape index (κ2) is 5.39. The maximum atomic E-state index is 13.5. The molecule has 0 amide bonds. The third-order valence-electron chi connectivity index (χ3n) is 3.37. The van der Waals surface area contributed by atoms with Crippen molar-refractivity contribution in [3.05, 3.63) is 35.1 Å². The third-order valence-corrected chi connectivity index (χ3v) is 3.37. The summed E-state index contributed by atoms with van der Waals surface area (Å²) in [4.78, 5) is 13.2. The molecule has 1 aliphatic rings. The quantitative estimate of drug-likeness (QED) is 0.931. The molecule has 2 rings (SSSR count). The second-order valence-corrected chi connectivity index (χ2v) is 6.92. The molecule has 0 radical (unpaired) electrons. The van der Waals surface area contributed by atoms with E-state index in [9.17, 15) is 9.18 Å². The Morgan fingerprint density at radius 1 is 1.24 bits per heavy atom. The first kappa shape index (κ1) is 15.9. The zero-order valence-corrected chi connectivity index (χ0v) is 12.9. The molecule has 0 unspecified atom stereocenters. The average Bonchev–Trinajstić information content (AvgIpc) is 2.22. The number of ether oxygens (including phenoxy) is 1. The molecule has 1 heterocycles. The van der Waals surface area contributed by atoms with Crippen molar-refractivity contribution in [2.45, 2.75) is 45.4 Å². The highest BCUT2D eigenvalue weighted by Crippen LogP contribution is 2.29. The summed E-state index contributed by atoms with van der Waals surface area (Å²) in [7, 11) is 0. The van der Waals surface area contributed by atoms with Crippen molar-refractivity contribution in [1.29, 1.82) is 0 Å². The largest absolute Gasteiger partial charge is 0.478 e. The van der Waals surface area contributed by atoms with Crippen LogP contribution in [-0.2, 0) is 11.3 Å². The number of rotatable bonds is 3. The highest BCUT2D eigenvalue weighted by atomic mass is 19.1. The number of aromatic carboxylic acids is 1. The summed E-state index contributed by atoms with van der Waals surface area (Å²) in [5.74, 6) is -1.63. The molecular weight excluding hydrogens is 273 g/mol. The lowest BCUT2D eigenvalue weighted by atomic mass is 9.98. The van der Waals surface area contributed by atoms with Crippen molar-refractivity contribution in [3.8, 4) is 0 Å². The van der Waals surface area contributed by atoms with E-state index in [0.717, 1.165) is 19.2 Å². The van der Waals surface area contributed by atoms with E-state index in [0.29, 0.717) is 12.1 Å². The number of nitrogens with zero attached hydrogens (tertiary/aromatic N) is 1. The Hall–Kier alpha value is -1.46. The van der Waals surface area contributed by atoms with Gasteiger partial charge in [0.2, 0.25) is 0 Å². The molecule has 1 N–H and O–H groups in total. The number of carboxylic acids is 1. The summed E-state index contributed by atoms with van der Waals surface area (Å²) in [5.41, 5.74) is 0.0766. The Kier molecular flexibility index (Phi) is 4.08. The molecule has 0 saturated carbocycles. The Bertz CT molecular complexity index is 538. The molecule has 1 aromatic rings. The van der Waals surface area contributed by atoms with Gasteiger partial charge in [0.1, 0.15) is 5.82 Å². The molecule has 0 atom stereocenters. The van der Waals surface area contributed by atoms with Crippen LogP contribution in [-0.4, -0.2) is 40.3 Å². The first-order chi connectivity index (χ1) is 9.56. The smallest absolute Gasteiger partial charge is 0.335 e. The van der Waals surface area contributed by atoms with Crippen LogP contribution in [0.5, 0.6) is 0 Å². The molecule has 4 nitrogen and oxygen atoms in total. The zero-order chi connectivity index (χ0) is 15.8. The van der Waals surface area contributed by atoms with E-state index in [1.807, 2.05) is 27.7 Å². The zero-order valence-electron chi connectivity index (χ0n) is 12.9. The lowest BCUT2D eigenvalue weighted by Gasteiger charge is -2.47. The Balaban J connectivity index is 2.19. The van der Waals surface area contributed by atoms with Crippen molar-refractivity contribution in [1.82, 2.24) is 4.90 Å². The maximum Gasteiger partial charge on any atom is 0.335 e. The molecule has 116 valence electrons. The van der Waals surface area contributed by atoms with E-state index in [2.05, 4.69) is 4.90 Å². The number of morpholine rings is 1. The molecule has 1 aliphatic heterocycles. The van der Waals surface area contributed by atoms with Gasteiger partial charge >= 0.3 is 5.97 Å². The minimum Gasteiger partial charge on any atom is -0.478 e. The minimum atomic E-state index is -1.11. The van der Waals surface area contributed by atoms with Gasteiger partial charge in [-0.1, -0.05) is 0 Å². The Morgan fingerprint density at radius 3 is 2.33 bits per heavy atom. The summed E-state index contributed by atoms with van der Waals surface area (Å²) in [5, 5.41) is 9.01. The average molecular weight is 295 g/mol. The number of hydrogen-bond acceptors (Lipinski definition) is 3. The van der Waals surface area contributed by atoms with Crippen LogP contribution in [0.2, 0.25) is 0 Å². The van der Waals surface area contributed by atoms with Crippen molar-refractivity contribution in [2.75, 3.05) is 13.1 Å². The summed E-state index contributed by atoms with van der Waals surface area (Å²) >= 11 is 0. The van der Waals surface area contributed by atoms with Gasteiger partial charge in [-0.15, -0.1) is 0 Å².